The average molecular weight is 216 g/mol. The van der Waals surface area contributed by atoms with Crippen LogP contribution in [-0.4, -0.2) is 19.6 Å². The van der Waals surface area contributed by atoms with Crippen LogP contribution in [0.1, 0.15) is 5.82 Å². The van der Waals surface area contributed by atoms with Crippen LogP contribution in [0.15, 0.2) is 24.3 Å². The van der Waals surface area contributed by atoms with Gasteiger partial charge in [0.1, 0.15) is 5.82 Å². The Balaban J connectivity index is 2.71. The summed E-state index contributed by atoms with van der Waals surface area (Å²) in [6, 6.07) is 7.90. The molecule has 74 valence electrons. The van der Waals surface area contributed by atoms with E-state index in [9.17, 15) is 0 Å². The third kappa shape index (κ3) is 1.10. The number of aryl methyl sites for hydroxylation is 1. The molecule has 0 aliphatic heterocycles. The number of hydrogen-bond acceptors (Lipinski definition) is 3. The van der Waals surface area contributed by atoms with Crippen LogP contribution in [0.5, 0.6) is 0 Å². The molecule has 0 spiro atoms. The van der Waals surface area contributed by atoms with E-state index in [1.165, 1.54) is 0 Å². The summed E-state index contributed by atoms with van der Waals surface area (Å²) >= 11 is 5.14. The number of rotatable bonds is 0. The molecule has 3 aromatic rings. The van der Waals surface area contributed by atoms with E-state index < -0.39 is 0 Å². The first-order valence-electron chi connectivity index (χ1n) is 4.60. The Hall–Kier alpha value is -1.75. The molecule has 4 nitrogen and oxygen atoms in total. The van der Waals surface area contributed by atoms with Crippen LogP contribution < -0.4 is 0 Å². The van der Waals surface area contributed by atoms with Gasteiger partial charge >= 0.3 is 0 Å². The summed E-state index contributed by atoms with van der Waals surface area (Å²) in [6.45, 7) is 1.92. The molecule has 0 atom stereocenters. The number of nitrogens with zero attached hydrogens (tertiary/aromatic N) is 3. The molecule has 0 aliphatic carbocycles. The van der Waals surface area contributed by atoms with Gasteiger partial charge in [-0.15, -0.1) is 0 Å². The van der Waals surface area contributed by atoms with Gasteiger partial charge in [0.2, 0.25) is 4.77 Å². The molecule has 2 aromatic heterocycles. The van der Waals surface area contributed by atoms with Gasteiger partial charge in [0.25, 0.3) is 0 Å². The number of fused-ring (bicyclic) bond motifs is 3. The standard InChI is InChI=1S/C10H8N4S/c1-6-11-8-5-3-2-4-7(8)9-12-13-10(15)14(6)9/h2-5H,1H3,(H,13,15). The molecular weight excluding hydrogens is 208 g/mol. The number of aromatic amines is 1. The highest BCUT2D eigenvalue weighted by Gasteiger charge is 2.06. The Morgan fingerprint density at radius 3 is 3.00 bits per heavy atom. The third-order valence-corrected chi connectivity index (χ3v) is 2.70. The van der Waals surface area contributed by atoms with E-state index in [0.29, 0.717) is 4.77 Å². The fourth-order valence-electron chi connectivity index (χ4n) is 1.76. The van der Waals surface area contributed by atoms with Crippen molar-refractivity contribution < 1.29 is 0 Å². The molecule has 0 aliphatic rings. The highest BCUT2D eigenvalue weighted by molar-refractivity contribution is 7.71. The van der Waals surface area contributed by atoms with Crippen LogP contribution in [0.3, 0.4) is 0 Å². The minimum atomic E-state index is 0.584. The van der Waals surface area contributed by atoms with Gasteiger partial charge in [-0.3, -0.25) is 9.50 Å². The Labute approximate surface area is 90.6 Å². The van der Waals surface area contributed by atoms with Crippen LogP contribution in [0.2, 0.25) is 0 Å². The molecule has 0 amide bonds. The number of nitrogens with one attached hydrogen (secondary N) is 1. The maximum absolute atomic E-state index is 5.14. The second-order valence-corrected chi connectivity index (χ2v) is 3.75. The van der Waals surface area contributed by atoms with E-state index in [1.807, 2.05) is 35.6 Å². The van der Waals surface area contributed by atoms with Crippen molar-refractivity contribution in [1.82, 2.24) is 19.6 Å². The van der Waals surface area contributed by atoms with E-state index in [2.05, 4.69) is 15.2 Å². The minimum Gasteiger partial charge on any atom is -0.255 e. The smallest absolute Gasteiger partial charge is 0.201 e. The van der Waals surface area contributed by atoms with Crippen molar-refractivity contribution in [3.8, 4) is 0 Å². The van der Waals surface area contributed by atoms with E-state index >= 15 is 0 Å². The lowest BCUT2D eigenvalue weighted by Gasteiger charge is -2.01. The largest absolute Gasteiger partial charge is 0.255 e. The van der Waals surface area contributed by atoms with Gasteiger partial charge in [-0.1, -0.05) is 12.1 Å². The molecule has 0 bridgehead atoms. The molecule has 5 heteroatoms. The maximum atomic E-state index is 5.14. The highest BCUT2D eigenvalue weighted by Crippen LogP contribution is 2.17. The van der Waals surface area contributed by atoms with Crippen molar-refractivity contribution in [2.45, 2.75) is 6.92 Å². The van der Waals surface area contributed by atoms with Crippen molar-refractivity contribution >= 4 is 28.8 Å². The third-order valence-electron chi connectivity index (χ3n) is 2.42. The molecular formula is C10H8N4S. The Morgan fingerprint density at radius 1 is 1.33 bits per heavy atom. The van der Waals surface area contributed by atoms with Crippen molar-refractivity contribution in [3.63, 3.8) is 0 Å². The molecule has 15 heavy (non-hydrogen) atoms. The Kier molecular flexibility index (Phi) is 1.63. The molecule has 0 radical (unpaired) electrons. The van der Waals surface area contributed by atoms with Crippen molar-refractivity contribution in [2.75, 3.05) is 0 Å². The maximum Gasteiger partial charge on any atom is 0.201 e. The summed E-state index contributed by atoms with van der Waals surface area (Å²) in [6.07, 6.45) is 0. The first-order valence-corrected chi connectivity index (χ1v) is 5.00. The first-order chi connectivity index (χ1) is 7.27. The molecule has 1 N–H and O–H groups in total. The summed E-state index contributed by atoms with van der Waals surface area (Å²) in [5.41, 5.74) is 1.78. The lowest BCUT2D eigenvalue weighted by Crippen LogP contribution is -1.96. The van der Waals surface area contributed by atoms with Crippen LogP contribution >= 0.6 is 12.2 Å². The summed E-state index contributed by atoms with van der Waals surface area (Å²) in [7, 11) is 0. The number of aromatic nitrogens is 4. The average Bonchev–Trinajstić information content (AvgIpc) is 2.62. The fraction of sp³-hybridized carbons (Fsp3) is 0.100. The van der Waals surface area contributed by atoms with E-state index in [0.717, 1.165) is 22.4 Å². The fourth-order valence-corrected chi connectivity index (χ4v) is 2.03. The van der Waals surface area contributed by atoms with Crippen LogP contribution in [0, 0.1) is 11.7 Å². The van der Waals surface area contributed by atoms with E-state index in [-0.39, 0.29) is 0 Å². The van der Waals surface area contributed by atoms with Crippen molar-refractivity contribution in [2.24, 2.45) is 0 Å². The normalized spacial score (nSPS) is 11.3. The number of H-pyrrole nitrogens is 1. The summed E-state index contributed by atoms with van der Waals surface area (Å²) in [5, 5.41) is 8.01. The summed E-state index contributed by atoms with van der Waals surface area (Å²) in [5.74, 6) is 0.849. The van der Waals surface area contributed by atoms with Gasteiger partial charge in [0.05, 0.1) is 5.52 Å². The predicted octanol–water partition coefficient (Wildman–Crippen LogP) is 2.25. The molecule has 2 heterocycles. The number of benzene rings is 1. The Morgan fingerprint density at radius 2 is 2.13 bits per heavy atom. The molecule has 0 saturated heterocycles. The predicted molar refractivity (Wildman–Crippen MR) is 60.4 cm³/mol. The van der Waals surface area contributed by atoms with Gasteiger partial charge in [-0.25, -0.2) is 4.98 Å². The molecule has 0 fully saturated rings. The SMILES string of the molecule is Cc1nc2ccccc2c2n[nH]c(=S)n12. The highest BCUT2D eigenvalue weighted by atomic mass is 32.1. The number of para-hydroxylation sites is 1. The second-order valence-electron chi connectivity index (χ2n) is 3.36. The van der Waals surface area contributed by atoms with Crippen LogP contribution in [0.4, 0.5) is 0 Å². The summed E-state index contributed by atoms with van der Waals surface area (Å²) in [4.78, 5) is 4.47. The first kappa shape index (κ1) is 8.55. The monoisotopic (exact) mass is 216 g/mol. The lowest BCUT2D eigenvalue weighted by molar-refractivity contribution is 0.984. The number of hydrogen-bond donors (Lipinski definition) is 1. The minimum absolute atomic E-state index is 0.584. The van der Waals surface area contributed by atoms with Gasteiger partial charge in [-0.2, -0.15) is 5.10 Å². The zero-order valence-corrected chi connectivity index (χ0v) is 8.88. The van der Waals surface area contributed by atoms with Crippen molar-refractivity contribution in [1.29, 1.82) is 0 Å². The molecule has 0 saturated carbocycles. The van der Waals surface area contributed by atoms with Gasteiger partial charge in [0, 0.05) is 5.39 Å². The summed E-state index contributed by atoms with van der Waals surface area (Å²) < 4.78 is 2.43. The quantitative estimate of drug-likeness (QED) is 0.586. The lowest BCUT2D eigenvalue weighted by atomic mass is 10.2. The van der Waals surface area contributed by atoms with E-state index in [1.54, 1.807) is 0 Å². The van der Waals surface area contributed by atoms with Crippen LogP contribution in [-0.2, 0) is 0 Å². The Bertz CT molecular complexity index is 710. The van der Waals surface area contributed by atoms with Crippen molar-refractivity contribution in [3.05, 3.63) is 34.9 Å². The zero-order chi connectivity index (χ0) is 10.4. The molecule has 1 aromatic carbocycles. The van der Waals surface area contributed by atoms with Crippen LogP contribution in [0.25, 0.3) is 16.6 Å². The zero-order valence-electron chi connectivity index (χ0n) is 8.06. The second kappa shape index (κ2) is 2.87. The van der Waals surface area contributed by atoms with Gasteiger partial charge in [-0.05, 0) is 31.3 Å². The topological polar surface area (TPSA) is 46.0 Å². The molecule has 3 rings (SSSR count). The van der Waals surface area contributed by atoms with E-state index in [4.69, 9.17) is 12.2 Å². The van der Waals surface area contributed by atoms with Gasteiger partial charge in [0.15, 0.2) is 5.65 Å². The molecule has 0 unspecified atom stereocenters. The van der Waals surface area contributed by atoms with Gasteiger partial charge < -0.3 is 0 Å².